The predicted molar refractivity (Wildman–Crippen MR) is 117 cm³/mol. The molecule has 2 heterocycles. The molecule has 2 aromatic carbocycles. The van der Waals surface area contributed by atoms with Crippen LogP contribution in [0.5, 0.6) is 5.75 Å². The predicted octanol–water partition coefficient (Wildman–Crippen LogP) is 4.12. The van der Waals surface area contributed by atoms with Gasteiger partial charge in [0.2, 0.25) is 0 Å². The smallest absolute Gasteiger partial charge is 0.148 e. The van der Waals surface area contributed by atoms with Gasteiger partial charge in [-0.1, -0.05) is 19.1 Å². The van der Waals surface area contributed by atoms with E-state index in [1.165, 1.54) is 12.5 Å². The molecule has 1 aliphatic rings. The van der Waals surface area contributed by atoms with E-state index >= 15 is 0 Å². The van der Waals surface area contributed by atoms with Gasteiger partial charge >= 0.3 is 0 Å². The van der Waals surface area contributed by atoms with E-state index in [1.54, 1.807) is 23.9 Å². The number of hydrogen-bond donors (Lipinski definition) is 1. The van der Waals surface area contributed by atoms with Crippen LogP contribution in [0.3, 0.4) is 0 Å². The summed E-state index contributed by atoms with van der Waals surface area (Å²) in [6, 6.07) is 14.5. The molecule has 1 aliphatic heterocycles. The van der Waals surface area contributed by atoms with Gasteiger partial charge in [-0.05, 0) is 61.8 Å². The molecule has 0 spiro atoms. The first-order valence-electron chi connectivity index (χ1n) is 10.3. The molecule has 0 radical (unpaired) electrons. The minimum absolute atomic E-state index is 0.274. The molecular formula is C24H29FN4O. The Labute approximate surface area is 177 Å². The Morgan fingerprint density at radius 1 is 1.17 bits per heavy atom. The topological polar surface area (TPSA) is 42.3 Å². The van der Waals surface area contributed by atoms with Gasteiger partial charge in [0.1, 0.15) is 17.3 Å². The van der Waals surface area contributed by atoms with Crippen LogP contribution in [-0.2, 0) is 6.54 Å². The molecule has 1 atom stereocenters. The molecule has 1 N–H and O–H groups in total. The van der Waals surface area contributed by atoms with E-state index < -0.39 is 0 Å². The number of likely N-dealkylation sites (tertiary alicyclic amines) is 1. The molecular weight excluding hydrogens is 379 g/mol. The zero-order valence-electron chi connectivity index (χ0n) is 17.9. The number of aromatic nitrogens is 2. The SMILES string of the molecule is COc1ccc(-c2nn(-c3ccccc3F)cc2CNCC2(C)CCN(C)C2)cc1. The van der Waals surface area contributed by atoms with Crippen molar-refractivity contribution in [3.05, 3.63) is 66.1 Å². The lowest BCUT2D eigenvalue weighted by atomic mass is 9.90. The summed E-state index contributed by atoms with van der Waals surface area (Å²) in [5.41, 5.74) is 3.59. The number of halogens is 1. The van der Waals surface area contributed by atoms with Gasteiger partial charge in [0.05, 0.1) is 12.8 Å². The minimum Gasteiger partial charge on any atom is -0.497 e. The quantitative estimate of drug-likeness (QED) is 0.639. The lowest BCUT2D eigenvalue weighted by Gasteiger charge is -2.24. The average molecular weight is 409 g/mol. The van der Waals surface area contributed by atoms with E-state index in [1.807, 2.05) is 36.5 Å². The lowest BCUT2D eigenvalue weighted by molar-refractivity contribution is 0.295. The Hall–Kier alpha value is -2.70. The number of benzene rings is 2. The van der Waals surface area contributed by atoms with E-state index in [0.29, 0.717) is 12.2 Å². The van der Waals surface area contributed by atoms with Gasteiger partial charge in [-0.25, -0.2) is 9.07 Å². The van der Waals surface area contributed by atoms with Crippen LogP contribution in [0, 0.1) is 11.2 Å². The third-order valence-electron chi connectivity index (χ3n) is 5.87. The third kappa shape index (κ3) is 4.40. The Bertz CT molecular complexity index is 1000. The van der Waals surface area contributed by atoms with Crippen LogP contribution >= 0.6 is 0 Å². The number of methoxy groups -OCH3 is 1. The van der Waals surface area contributed by atoms with Crippen molar-refractivity contribution < 1.29 is 9.13 Å². The molecule has 6 heteroatoms. The maximum absolute atomic E-state index is 14.4. The van der Waals surface area contributed by atoms with Crippen LogP contribution in [0.15, 0.2) is 54.7 Å². The summed E-state index contributed by atoms with van der Waals surface area (Å²) in [6.45, 7) is 6.18. The van der Waals surface area contributed by atoms with E-state index in [2.05, 4.69) is 24.2 Å². The number of nitrogens with one attached hydrogen (secondary N) is 1. The van der Waals surface area contributed by atoms with E-state index in [9.17, 15) is 4.39 Å². The van der Waals surface area contributed by atoms with E-state index in [4.69, 9.17) is 9.84 Å². The highest BCUT2D eigenvalue weighted by atomic mass is 19.1. The fourth-order valence-electron chi connectivity index (χ4n) is 4.21. The molecule has 0 bridgehead atoms. The maximum atomic E-state index is 14.4. The summed E-state index contributed by atoms with van der Waals surface area (Å²) in [5.74, 6) is 0.507. The van der Waals surface area contributed by atoms with Crippen molar-refractivity contribution in [3.8, 4) is 22.7 Å². The number of ether oxygens (including phenoxy) is 1. The number of para-hydroxylation sites is 1. The zero-order valence-corrected chi connectivity index (χ0v) is 17.9. The van der Waals surface area contributed by atoms with Crippen molar-refractivity contribution in [2.45, 2.75) is 19.9 Å². The first kappa shape index (κ1) is 20.6. The third-order valence-corrected chi connectivity index (χ3v) is 5.87. The second-order valence-corrected chi connectivity index (χ2v) is 8.53. The number of rotatable bonds is 7. The van der Waals surface area contributed by atoms with Crippen molar-refractivity contribution in [1.29, 1.82) is 0 Å². The summed E-state index contributed by atoms with van der Waals surface area (Å²) in [5, 5.41) is 8.35. The van der Waals surface area contributed by atoms with E-state index in [0.717, 1.165) is 42.2 Å². The summed E-state index contributed by atoms with van der Waals surface area (Å²) >= 11 is 0. The molecule has 1 unspecified atom stereocenters. The number of hydrogen-bond acceptors (Lipinski definition) is 4. The van der Waals surface area contributed by atoms with Crippen molar-refractivity contribution in [2.75, 3.05) is 33.8 Å². The Morgan fingerprint density at radius 2 is 1.93 bits per heavy atom. The molecule has 30 heavy (non-hydrogen) atoms. The molecule has 158 valence electrons. The normalized spacial score (nSPS) is 19.3. The molecule has 1 aromatic heterocycles. The molecule has 1 fully saturated rings. The standard InChI is InChI=1S/C24H29FN4O/c1-24(12-13-28(2)17-24)16-26-14-19-15-29(22-7-5-4-6-21(22)25)27-23(19)18-8-10-20(30-3)11-9-18/h4-11,15,26H,12-14,16-17H2,1-3H3. The Kier molecular flexibility index (Phi) is 5.88. The molecule has 1 saturated heterocycles. The van der Waals surface area contributed by atoms with Crippen LogP contribution < -0.4 is 10.1 Å². The summed E-state index contributed by atoms with van der Waals surface area (Å²) in [6.07, 6.45) is 3.12. The van der Waals surface area contributed by atoms with Crippen LogP contribution in [-0.4, -0.2) is 48.5 Å². The summed E-state index contributed by atoms with van der Waals surface area (Å²) in [7, 11) is 3.82. The molecule has 0 amide bonds. The average Bonchev–Trinajstić information content (AvgIpc) is 3.31. The van der Waals surface area contributed by atoms with Crippen molar-refractivity contribution >= 4 is 0 Å². The fraction of sp³-hybridized carbons (Fsp3) is 0.375. The highest BCUT2D eigenvalue weighted by Gasteiger charge is 2.31. The zero-order chi connectivity index (χ0) is 21.1. The van der Waals surface area contributed by atoms with Crippen molar-refractivity contribution in [1.82, 2.24) is 20.0 Å². The van der Waals surface area contributed by atoms with Gasteiger partial charge in [0.15, 0.2) is 0 Å². The van der Waals surface area contributed by atoms with Crippen LogP contribution in [0.1, 0.15) is 18.9 Å². The van der Waals surface area contributed by atoms with Crippen LogP contribution in [0.4, 0.5) is 4.39 Å². The van der Waals surface area contributed by atoms with Gasteiger partial charge < -0.3 is 15.0 Å². The second kappa shape index (κ2) is 8.58. The largest absolute Gasteiger partial charge is 0.497 e. The van der Waals surface area contributed by atoms with Gasteiger partial charge in [-0.2, -0.15) is 5.10 Å². The van der Waals surface area contributed by atoms with Gasteiger partial charge in [-0.15, -0.1) is 0 Å². The highest BCUT2D eigenvalue weighted by molar-refractivity contribution is 5.64. The first-order valence-corrected chi connectivity index (χ1v) is 10.3. The number of nitrogens with zero attached hydrogens (tertiary/aromatic N) is 3. The summed E-state index contributed by atoms with van der Waals surface area (Å²) in [4.78, 5) is 2.38. The van der Waals surface area contributed by atoms with E-state index in [-0.39, 0.29) is 11.2 Å². The van der Waals surface area contributed by atoms with Crippen LogP contribution in [0.2, 0.25) is 0 Å². The molecule has 4 rings (SSSR count). The van der Waals surface area contributed by atoms with Gasteiger partial charge in [-0.3, -0.25) is 0 Å². The summed E-state index contributed by atoms with van der Waals surface area (Å²) < 4.78 is 21.3. The molecule has 0 saturated carbocycles. The fourth-order valence-corrected chi connectivity index (χ4v) is 4.21. The monoisotopic (exact) mass is 408 g/mol. The maximum Gasteiger partial charge on any atom is 0.148 e. The molecule has 5 nitrogen and oxygen atoms in total. The minimum atomic E-state index is -0.290. The highest BCUT2D eigenvalue weighted by Crippen LogP contribution is 2.29. The van der Waals surface area contributed by atoms with Crippen LogP contribution in [0.25, 0.3) is 16.9 Å². The first-order chi connectivity index (χ1) is 14.5. The Balaban J connectivity index is 1.60. The van der Waals surface area contributed by atoms with Crippen molar-refractivity contribution in [3.63, 3.8) is 0 Å². The van der Waals surface area contributed by atoms with Gasteiger partial charge in [0.25, 0.3) is 0 Å². The Morgan fingerprint density at radius 3 is 2.60 bits per heavy atom. The van der Waals surface area contributed by atoms with Crippen molar-refractivity contribution in [2.24, 2.45) is 5.41 Å². The molecule has 3 aromatic rings. The van der Waals surface area contributed by atoms with Gasteiger partial charge in [0, 0.05) is 37.0 Å². The second-order valence-electron chi connectivity index (χ2n) is 8.53. The molecule has 0 aliphatic carbocycles. The lowest BCUT2D eigenvalue weighted by Crippen LogP contribution is -2.33.